The molecule has 0 aliphatic heterocycles. The summed E-state index contributed by atoms with van der Waals surface area (Å²) in [5.41, 5.74) is 1.68. The summed E-state index contributed by atoms with van der Waals surface area (Å²) in [5.74, 6) is 0. The van der Waals surface area contributed by atoms with E-state index >= 15 is 0 Å². The first-order chi connectivity index (χ1) is 9.66. The molecule has 1 atom stereocenters. The fourth-order valence-electron chi connectivity index (χ4n) is 2.76. The van der Waals surface area contributed by atoms with Crippen LogP contribution in [0.2, 0.25) is 0 Å². The van der Waals surface area contributed by atoms with Gasteiger partial charge in [-0.15, -0.1) is 0 Å². The molecular formula is C17H22O3S. The number of allylic oxidation sites excluding steroid dienone is 3. The van der Waals surface area contributed by atoms with Crippen molar-refractivity contribution < 1.29 is 13.0 Å². The van der Waals surface area contributed by atoms with Crippen LogP contribution in [0.5, 0.6) is 0 Å². The SMILES string of the molecule is CC(C)(C)C1(S(=O)(=O)O)C=CC(Cc2ccccc2)=CC1. The van der Waals surface area contributed by atoms with Crippen molar-refractivity contribution in [3.63, 3.8) is 0 Å². The molecule has 0 aromatic heterocycles. The molecule has 1 aliphatic rings. The third-order valence-electron chi connectivity index (χ3n) is 4.22. The largest absolute Gasteiger partial charge is 0.285 e. The van der Waals surface area contributed by atoms with E-state index in [1.165, 1.54) is 5.56 Å². The lowest BCUT2D eigenvalue weighted by atomic mass is 9.75. The molecule has 3 nitrogen and oxygen atoms in total. The van der Waals surface area contributed by atoms with Crippen LogP contribution in [0, 0.1) is 5.41 Å². The fourth-order valence-corrected chi connectivity index (χ4v) is 4.07. The van der Waals surface area contributed by atoms with Crippen LogP contribution in [0.4, 0.5) is 0 Å². The number of rotatable bonds is 3. The summed E-state index contributed by atoms with van der Waals surface area (Å²) in [6.45, 7) is 5.50. The van der Waals surface area contributed by atoms with Crippen molar-refractivity contribution in [1.29, 1.82) is 0 Å². The Labute approximate surface area is 127 Å². The van der Waals surface area contributed by atoms with E-state index in [1.807, 2.05) is 63.3 Å². The maximum atomic E-state index is 11.9. The Balaban J connectivity index is 2.27. The van der Waals surface area contributed by atoms with Crippen molar-refractivity contribution >= 4 is 10.1 Å². The maximum Gasteiger partial charge on any atom is 0.275 e. The van der Waals surface area contributed by atoms with E-state index in [2.05, 4.69) is 0 Å². The molecule has 0 radical (unpaired) electrons. The van der Waals surface area contributed by atoms with Crippen molar-refractivity contribution in [2.24, 2.45) is 5.41 Å². The number of hydrogen-bond acceptors (Lipinski definition) is 2. The van der Waals surface area contributed by atoms with Crippen LogP contribution in [-0.2, 0) is 16.5 Å². The lowest BCUT2D eigenvalue weighted by Gasteiger charge is -2.40. The van der Waals surface area contributed by atoms with Gasteiger partial charge in [0.05, 0.1) is 0 Å². The Morgan fingerprint density at radius 3 is 2.24 bits per heavy atom. The minimum atomic E-state index is -4.17. The molecule has 21 heavy (non-hydrogen) atoms. The zero-order valence-electron chi connectivity index (χ0n) is 12.7. The van der Waals surface area contributed by atoms with Crippen molar-refractivity contribution in [3.05, 3.63) is 59.7 Å². The Kier molecular flexibility index (Phi) is 4.13. The van der Waals surface area contributed by atoms with E-state index in [-0.39, 0.29) is 0 Å². The third kappa shape index (κ3) is 3.11. The van der Waals surface area contributed by atoms with Crippen molar-refractivity contribution in [1.82, 2.24) is 0 Å². The molecule has 0 bridgehead atoms. The second-order valence-corrected chi connectivity index (χ2v) is 8.27. The molecule has 1 aliphatic carbocycles. The van der Waals surface area contributed by atoms with Crippen LogP contribution in [-0.4, -0.2) is 17.7 Å². The summed E-state index contributed by atoms with van der Waals surface area (Å²) < 4.78 is 32.2. The Morgan fingerprint density at radius 1 is 1.19 bits per heavy atom. The zero-order chi connectivity index (χ0) is 15.7. The molecule has 1 aromatic carbocycles. The van der Waals surface area contributed by atoms with Gasteiger partial charge in [-0.3, -0.25) is 4.55 Å². The minimum Gasteiger partial charge on any atom is -0.285 e. The van der Waals surface area contributed by atoms with Crippen molar-refractivity contribution in [3.8, 4) is 0 Å². The minimum absolute atomic E-state index is 0.300. The molecule has 0 amide bonds. The summed E-state index contributed by atoms with van der Waals surface area (Å²) in [6.07, 6.45) is 6.47. The monoisotopic (exact) mass is 306 g/mol. The van der Waals surface area contributed by atoms with Crippen LogP contribution < -0.4 is 0 Å². The van der Waals surface area contributed by atoms with Crippen LogP contribution >= 0.6 is 0 Å². The van der Waals surface area contributed by atoms with Crippen molar-refractivity contribution in [2.75, 3.05) is 0 Å². The number of hydrogen-bond donors (Lipinski definition) is 1. The fraction of sp³-hybridized carbons (Fsp3) is 0.412. The summed E-state index contributed by atoms with van der Waals surface area (Å²) in [6, 6.07) is 10.0. The molecule has 114 valence electrons. The molecule has 0 fully saturated rings. The Morgan fingerprint density at radius 2 is 1.81 bits per heavy atom. The van der Waals surface area contributed by atoms with Gasteiger partial charge in [0.15, 0.2) is 0 Å². The first kappa shape index (κ1) is 16.0. The highest BCUT2D eigenvalue weighted by atomic mass is 32.2. The van der Waals surface area contributed by atoms with Gasteiger partial charge in [-0.1, -0.05) is 69.3 Å². The molecule has 0 saturated heterocycles. The molecule has 2 rings (SSSR count). The molecule has 0 heterocycles. The Hall–Kier alpha value is -1.39. The van der Waals surface area contributed by atoms with Gasteiger partial charge in [-0.05, 0) is 29.4 Å². The third-order valence-corrected chi connectivity index (χ3v) is 6.05. The predicted molar refractivity (Wildman–Crippen MR) is 85.7 cm³/mol. The van der Waals surface area contributed by atoms with Gasteiger partial charge in [0, 0.05) is 0 Å². The molecule has 0 saturated carbocycles. The average Bonchev–Trinajstić information content (AvgIpc) is 2.38. The second kappa shape index (κ2) is 5.43. The lowest BCUT2D eigenvalue weighted by molar-refractivity contribution is 0.289. The van der Waals surface area contributed by atoms with E-state index in [9.17, 15) is 13.0 Å². The van der Waals surface area contributed by atoms with Gasteiger partial charge >= 0.3 is 0 Å². The van der Waals surface area contributed by atoms with Crippen molar-refractivity contribution in [2.45, 2.75) is 38.4 Å². The molecule has 0 spiro atoms. The quantitative estimate of drug-likeness (QED) is 0.864. The smallest absolute Gasteiger partial charge is 0.275 e. The number of benzene rings is 1. The average molecular weight is 306 g/mol. The van der Waals surface area contributed by atoms with E-state index in [1.54, 1.807) is 6.08 Å². The zero-order valence-corrected chi connectivity index (χ0v) is 13.5. The normalized spacial score (nSPS) is 23.0. The molecule has 4 heteroatoms. The summed E-state index contributed by atoms with van der Waals surface area (Å²) in [5, 5.41) is 0. The van der Waals surface area contributed by atoms with Crippen LogP contribution in [0.15, 0.2) is 54.1 Å². The Bertz CT molecular complexity index is 664. The van der Waals surface area contributed by atoms with E-state index in [0.29, 0.717) is 6.42 Å². The highest BCUT2D eigenvalue weighted by Crippen LogP contribution is 2.43. The van der Waals surface area contributed by atoms with Gasteiger partial charge in [0.25, 0.3) is 10.1 Å². The van der Waals surface area contributed by atoms with Crippen LogP contribution in [0.25, 0.3) is 0 Å². The standard InChI is InChI=1S/C17H22O3S/c1-16(2,3)17(21(18,19)20)11-9-15(10-12-17)13-14-7-5-4-6-8-14/h4-11H,12-13H2,1-3H3,(H,18,19,20). The molecule has 1 aromatic rings. The summed E-state index contributed by atoms with van der Waals surface area (Å²) >= 11 is 0. The first-order valence-corrected chi connectivity index (χ1v) is 8.49. The van der Waals surface area contributed by atoms with Gasteiger partial charge in [-0.2, -0.15) is 8.42 Å². The van der Waals surface area contributed by atoms with Gasteiger partial charge < -0.3 is 0 Å². The molecular weight excluding hydrogens is 284 g/mol. The predicted octanol–water partition coefficient (Wildman–Crippen LogP) is 3.79. The summed E-state index contributed by atoms with van der Waals surface area (Å²) in [4.78, 5) is 0. The van der Waals surface area contributed by atoms with E-state index in [4.69, 9.17) is 0 Å². The van der Waals surface area contributed by atoms with Gasteiger partial charge in [0.1, 0.15) is 4.75 Å². The lowest BCUT2D eigenvalue weighted by Crippen LogP contribution is -2.48. The van der Waals surface area contributed by atoms with Gasteiger partial charge in [-0.25, -0.2) is 0 Å². The van der Waals surface area contributed by atoms with Crippen LogP contribution in [0.1, 0.15) is 32.8 Å². The summed E-state index contributed by atoms with van der Waals surface area (Å²) in [7, 11) is -4.17. The second-order valence-electron chi connectivity index (χ2n) is 6.59. The van der Waals surface area contributed by atoms with E-state index < -0.39 is 20.3 Å². The first-order valence-electron chi connectivity index (χ1n) is 7.05. The highest BCUT2D eigenvalue weighted by molar-refractivity contribution is 7.87. The topological polar surface area (TPSA) is 54.4 Å². The highest BCUT2D eigenvalue weighted by Gasteiger charge is 2.50. The molecule has 1 N–H and O–H groups in total. The van der Waals surface area contributed by atoms with E-state index in [0.717, 1.165) is 12.0 Å². The maximum absolute atomic E-state index is 11.9. The van der Waals surface area contributed by atoms with Gasteiger partial charge in [0.2, 0.25) is 0 Å². The molecule has 1 unspecified atom stereocenters. The van der Waals surface area contributed by atoms with Crippen LogP contribution in [0.3, 0.4) is 0 Å².